The van der Waals surface area contributed by atoms with Crippen molar-refractivity contribution in [3.05, 3.63) is 84.2 Å². The molecule has 164 valence electrons. The predicted octanol–water partition coefficient (Wildman–Crippen LogP) is 2.79. The quantitative estimate of drug-likeness (QED) is 0.553. The molecule has 2 heterocycles. The number of carbonyl (C=O) groups excluding carboxylic acids is 1. The molecule has 1 aliphatic rings. The molecule has 0 N–H and O–H groups in total. The van der Waals surface area contributed by atoms with E-state index in [1.54, 1.807) is 53.7 Å². The van der Waals surface area contributed by atoms with Gasteiger partial charge in [-0.2, -0.15) is 0 Å². The van der Waals surface area contributed by atoms with Crippen LogP contribution < -0.4 is 4.31 Å². The molecule has 0 aliphatic carbocycles. The monoisotopic (exact) mass is 449 g/mol. The topological polar surface area (TPSA) is 95.8 Å². The number of anilines is 1. The molecule has 0 fully saturated rings. The first-order chi connectivity index (χ1) is 15.4. The van der Waals surface area contributed by atoms with Crippen molar-refractivity contribution >= 4 is 28.2 Å². The van der Waals surface area contributed by atoms with Crippen molar-refractivity contribution in [1.29, 1.82) is 0 Å². The lowest BCUT2D eigenvalue weighted by Crippen LogP contribution is -2.30. The Morgan fingerprint density at radius 1 is 1.03 bits per heavy atom. The smallest absolute Gasteiger partial charge is 0.266 e. The average molecular weight is 450 g/mol. The lowest BCUT2D eigenvalue weighted by molar-refractivity contribution is 0.0856. The van der Waals surface area contributed by atoms with Crippen molar-refractivity contribution in [3.8, 4) is 0 Å². The molecule has 0 saturated heterocycles. The van der Waals surface area contributed by atoms with Gasteiger partial charge in [0.05, 0.1) is 17.3 Å². The van der Waals surface area contributed by atoms with Gasteiger partial charge in [0.15, 0.2) is 0 Å². The fourth-order valence-corrected chi connectivity index (χ4v) is 4.53. The summed E-state index contributed by atoms with van der Waals surface area (Å²) in [6, 6.07) is 17.6. The van der Waals surface area contributed by atoms with Crippen LogP contribution >= 0.6 is 0 Å². The molecule has 4 rings (SSSR count). The second-order valence-electron chi connectivity index (χ2n) is 7.45. The van der Waals surface area contributed by atoms with Gasteiger partial charge < -0.3 is 0 Å². The number of nitrogens with zero attached hydrogens (tertiary/aromatic N) is 5. The maximum Gasteiger partial charge on any atom is 0.266 e. The third-order valence-electron chi connectivity index (χ3n) is 5.29. The number of hydrogen-bond donors (Lipinski definition) is 0. The van der Waals surface area contributed by atoms with Crippen molar-refractivity contribution in [3.63, 3.8) is 0 Å². The molecule has 1 amide bonds. The predicted molar refractivity (Wildman–Crippen MR) is 122 cm³/mol. The van der Waals surface area contributed by atoms with Gasteiger partial charge in [-0.25, -0.2) is 22.7 Å². The number of sulfonamides is 1. The first kappa shape index (κ1) is 21.6. The summed E-state index contributed by atoms with van der Waals surface area (Å²) in [5.41, 5.74) is 1.65. The molecule has 0 saturated carbocycles. The van der Waals surface area contributed by atoms with E-state index < -0.39 is 10.0 Å². The normalized spacial score (nSPS) is 15.7. The van der Waals surface area contributed by atoms with E-state index in [9.17, 15) is 13.2 Å². The fourth-order valence-electron chi connectivity index (χ4n) is 3.42. The van der Waals surface area contributed by atoms with Gasteiger partial charge in [0, 0.05) is 31.5 Å². The molecule has 32 heavy (non-hydrogen) atoms. The van der Waals surface area contributed by atoms with Crippen LogP contribution in [0.4, 0.5) is 5.95 Å². The molecule has 3 aromatic rings. The Hall–Kier alpha value is -3.59. The number of aromatic nitrogens is 2. The summed E-state index contributed by atoms with van der Waals surface area (Å²) >= 11 is 0. The molecule has 1 unspecified atom stereocenters. The summed E-state index contributed by atoms with van der Waals surface area (Å²) < 4.78 is 26.7. The molecule has 1 aromatic heterocycles. The largest absolute Gasteiger partial charge is 0.297 e. The standard InChI is InChI=1S/C23H23N5O3S/c1-27(23-24-14-5-15-25-23)32(30,31)21-12-9-18(10-13-21)8-11-20-16-28(17-26-20)22(29)19-6-3-2-4-7-19/h2-7,9-10,12-15,17,20H,8,11,16H2,1H3. The summed E-state index contributed by atoms with van der Waals surface area (Å²) in [6.07, 6.45) is 6.10. The molecule has 9 heteroatoms. The number of amides is 1. The first-order valence-electron chi connectivity index (χ1n) is 10.2. The van der Waals surface area contributed by atoms with Crippen LogP contribution in [0.2, 0.25) is 0 Å². The molecule has 1 atom stereocenters. The van der Waals surface area contributed by atoms with Crippen molar-refractivity contribution < 1.29 is 13.2 Å². The zero-order valence-corrected chi connectivity index (χ0v) is 18.4. The van der Waals surface area contributed by atoms with E-state index in [1.165, 1.54) is 19.4 Å². The van der Waals surface area contributed by atoms with E-state index >= 15 is 0 Å². The summed E-state index contributed by atoms with van der Waals surface area (Å²) in [5.74, 6) is 0.0585. The highest BCUT2D eigenvalue weighted by Gasteiger charge is 2.24. The van der Waals surface area contributed by atoms with Crippen molar-refractivity contribution in [1.82, 2.24) is 14.9 Å². The summed E-state index contributed by atoms with van der Waals surface area (Å²) in [7, 11) is -2.31. The minimum Gasteiger partial charge on any atom is -0.297 e. The fraction of sp³-hybridized carbons (Fsp3) is 0.217. The van der Waals surface area contributed by atoms with Gasteiger partial charge >= 0.3 is 0 Å². The van der Waals surface area contributed by atoms with Crippen LogP contribution in [0, 0.1) is 0 Å². The molecular weight excluding hydrogens is 426 g/mol. The van der Waals surface area contributed by atoms with Crippen LogP contribution in [0.1, 0.15) is 22.3 Å². The molecule has 1 aliphatic heterocycles. The molecular formula is C23H23N5O3S. The number of aliphatic imine (C=N–C) groups is 1. The average Bonchev–Trinajstić information content (AvgIpc) is 3.32. The summed E-state index contributed by atoms with van der Waals surface area (Å²) in [5, 5.41) is 0. The number of hydrogen-bond acceptors (Lipinski definition) is 6. The maximum atomic E-state index is 12.8. The van der Waals surface area contributed by atoms with E-state index in [4.69, 9.17) is 0 Å². The summed E-state index contributed by atoms with van der Waals surface area (Å²) in [4.78, 5) is 26.8. The van der Waals surface area contributed by atoms with Gasteiger partial charge in [-0.05, 0) is 48.7 Å². The van der Waals surface area contributed by atoms with Gasteiger partial charge in [-0.15, -0.1) is 0 Å². The minimum atomic E-state index is -3.74. The Balaban J connectivity index is 1.34. The van der Waals surface area contributed by atoms with Gasteiger partial charge in [-0.1, -0.05) is 30.3 Å². The van der Waals surface area contributed by atoms with E-state index in [-0.39, 0.29) is 22.8 Å². The second-order valence-corrected chi connectivity index (χ2v) is 9.42. The molecule has 2 aromatic carbocycles. The van der Waals surface area contributed by atoms with Crippen molar-refractivity contribution in [2.75, 3.05) is 17.9 Å². The second kappa shape index (κ2) is 9.27. The number of rotatable bonds is 7. The van der Waals surface area contributed by atoms with Crippen molar-refractivity contribution in [2.24, 2.45) is 4.99 Å². The molecule has 0 spiro atoms. The van der Waals surface area contributed by atoms with Crippen molar-refractivity contribution in [2.45, 2.75) is 23.8 Å². The Morgan fingerprint density at radius 2 is 1.72 bits per heavy atom. The van der Waals surface area contributed by atoms with Crippen LogP contribution in [-0.4, -0.2) is 55.2 Å². The van der Waals surface area contributed by atoms with E-state index in [1.807, 2.05) is 18.2 Å². The first-order valence-corrected chi connectivity index (χ1v) is 11.6. The van der Waals surface area contributed by atoms with E-state index in [0.717, 1.165) is 22.7 Å². The van der Waals surface area contributed by atoms with Crippen LogP contribution in [0.5, 0.6) is 0 Å². The Morgan fingerprint density at radius 3 is 2.41 bits per heavy atom. The maximum absolute atomic E-state index is 12.8. The lowest BCUT2D eigenvalue weighted by Gasteiger charge is -2.17. The van der Waals surface area contributed by atoms with Gasteiger partial charge in [0.25, 0.3) is 15.9 Å². The summed E-state index contributed by atoms with van der Waals surface area (Å²) in [6.45, 7) is 0.544. The lowest BCUT2D eigenvalue weighted by atomic mass is 10.1. The zero-order valence-electron chi connectivity index (χ0n) is 17.6. The Bertz CT molecular complexity index is 1200. The van der Waals surface area contributed by atoms with Gasteiger partial charge in [-0.3, -0.25) is 14.7 Å². The highest BCUT2D eigenvalue weighted by molar-refractivity contribution is 7.92. The number of benzene rings is 2. The SMILES string of the molecule is CN(c1ncccn1)S(=O)(=O)c1ccc(CCC2CN(C(=O)c3ccccc3)C=N2)cc1. The van der Waals surface area contributed by atoms with Crippen LogP contribution in [0.3, 0.4) is 0 Å². The van der Waals surface area contributed by atoms with Crippen LogP contribution in [-0.2, 0) is 16.4 Å². The van der Waals surface area contributed by atoms with Gasteiger partial charge in [0.1, 0.15) is 0 Å². The zero-order chi connectivity index (χ0) is 22.6. The number of carbonyl (C=O) groups is 1. The molecule has 0 bridgehead atoms. The Labute approximate surface area is 187 Å². The highest BCUT2D eigenvalue weighted by atomic mass is 32.2. The third kappa shape index (κ3) is 4.67. The minimum absolute atomic E-state index is 0.0208. The third-order valence-corrected chi connectivity index (χ3v) is 7.04. The highest BCUT2D eigenvalue weighted by Crippen LogP contribution is 2.20. The van der Waals surface area contributed by atoms with Gasteiger partial charge in [0.2, 0.25) is 5.95 Å². The van der Waals surface area contributed by atoms with E-state index in [2.05, 4.69) is 15.0 Å². The van der Waals surface area contributed by atoms with E-state index in [0.29, 0.717) is 12.1 Å². The Kier molecular flexibility index (Phi) is 6.27. The molecule has 8 nitrogen and oxygen atoms in total. The van der Waals surface area contributed by atoms with Crippen LogP contribution in [0.15, 0.2) is 82.9 Å². The number of aryl methyl sites for hydroxylation is 1. The van der Waals surface area contributed by atoms with Crippen LogP contribution in [0.25, 0.3) is 0 Å². The molecule has 0 radical (unpaired) electrons.